The Bertz CT molecular complexity index is 1490. The number of rotatable bonds is 6. The first kappa shape index (κ1) is 24.6. The molecule has 3 heterocycles. The number of hydrogen-bond acceptors (Lipinski definition) is 5. The van der Waals surface area contributed by atoms with Gasteiger partial charge < -0.3 is 4.57 Å². The number of pyridine rings is 1. The quantitative estimate of drug-likeness (QED) is 0.336. The minimum Gasteiger partial charge on any atom is -0.312 e. The van der Waals surface area contributed by atoms with Crippen molar-refractivity contribution >= 4 is 27.0 Å². The van der Waals surface area contributed by atoms with Gasteiger partial charge in [0, 0.05) is 36.4 Å². The van der Waals surface area contributed by atoms with Crippen LogP contribution in [0.1, 0.15) is 25.8 Å². The minimum atomic E-state index is -3.58. The van der Waals surface area contributed by atoms with Crippen molar-refractivity contribution in [2.24, 2.45) is 16.8 Å². The molecule has 0 aliphatic carbocycles. The molecule has 1 saturated heterocycles. The number of nitrogens with zero attached hydrogens (tertiary/aromatic N) is 4. The van der Waals surface area contributed by atoms with E-state index in [-0.39, 0.29) is 0 Å². The molecule has 2 aromatic carbocycles. The molecule has 0 radical (unpaired) electrons. The topological polar surface area (TPSA) is 67.6 Å². The molecule has 0 bridgehead atoms. The van der Waals surface area contributed by atoms with Gasteiger partial charge in [0.15, 0.2) is 4.80 Å². The van der Waals surface area contributed by atoms with Gasteiger partial charge in [0.2, 0.25) is 10.0 Å². The molecule has 0 saturated carbocycles. The van der Waals surface area contributed by atoms with Crippen LogP contribution in [0.15, 0.2) is 94.4 Å². The molecule has 36 heavy (non-hydrogen) atoms. The summed E-state index contributed by atoms with van der Waals surface area (Å²) in [5.74, 6) is 0.708. The first-order valence-electron chi connectivity index (χ1n) is 12.2. The second-order valence-electron chi connectivity index (χ2n) is 9.59. The Hall–Kier alpha value is -3.07. The van der Waals surface area contributed by atoms with Crippen molar-refractivity contribution in [3.63, 3.8) is 0 Å². The monoisotopic (exact) mass is 518 g/mol. The van der Waals surface area contributed by atoms with E-state index in [1.54, 1.807) is 34.0 Å². The van der Waals surface area contributed by atoms with Crippen LogP contribution in [0.4, 0.5) is 5.69 Å². The highest BCUT2D eigenvalue weighted by Gasteiger charge is 2.31. The van der Waals surface area contributed by atoms with Gasteiger partial charge in [-0.3, -0.25) is 4.98 Å². The molecule has 1 aliphatic rings. The number of hydrogen-bond donors (Lipinski definition) is 0. The fourth-order valence-electron chi connectivity index (χ4n) is 4.86. The van der Waals surface area contributed by atoms with E-state index in [2.05, 4.69) is 28.8 Å². The number of benzene rings is 2. The predicted molar refractivity (Wildman–Crippen MR) is 144 cm³/mol. The van der Waals surface area contributed by atoms with Gasteiger partial charge in [0.1, 0.15) is 0 Å². The van der Waals surface area contributed by atoms with Crippen LogP contribution in [0.25, 0.3) is 11.3 Å². The van der Waals surface area contributed by atoms with Gasteiger partial charge in [0.25, 0.3) is 0 Å². The Morgan fingerprint density at radius 2 is 1.78 bits per heavy atom. The summed E-state index contributed by atoms with van der Waals surface area (Å²) in [4.78, 5) is 10.3. The Morgan fingerprint density at radius 1 is 1.00 bits per heavy atom. The molecular weight excluding hydrogens is 488 g/mol. The van der Waals surface area contributed by atoms with Crippen LogP contribution >= 0.6 is 11.3 Å². The normalized spacial score (nSPS) is 19.4. The summed E-state index contributed by atoms with van der Waals surface area (Å²) in [6.07, 6.45) is 4.66. The van der Waals surface area contributed by atoms with Crippen molar-refractivity contribution < 1.29 is 8.42 Å². The lowest BCUT2D eigenvalue weighted by Gasteiger charge is -2.34. The summed E-state index contributed by atoms with van der Waals surface area (Å²) in [6, 6.07) is 21.1. The molecule has 186 valence electrons. The fraction of sp³-hybridized carbons (Fsp3) is 0.286. The SMILES string of the molecule is CC1CC(C)CN(S(=O)(=O)c2cccc(-c3csc(=Nc4ccccc4)n3Cc3cccnc3)c2)C1. The summed E-state index contributed by atoms with van der Waals surface area (Å²) in [7, 11) is -3.58. The van der Waals surface area contributed by atoms with E-state index >= 15 is 0 Å². The lowest BCUT2D eigenvalue weighted by Crippen LogP contribution is -2.42. The molecule has 0 amide bonds. The Balaban J connectivity index is 1.57. The Labute approximate surface area is 216 Å². The summed E-state index contributed by atoms with van der Waals surface area (Å²) in [5, 5.41) is 2.05. The molecule has 0 N–H and O–H groups in total. The zero-order valence-electron chi connectivity index (χ0n) is 20.5. The zero-order valence-corrected chi connectivity index (χ0v) is 22.1. The van der Waals surface area contributed by atoms with Crippen molar-refractivity contribution in [3.8, 4) is 11.3 Å². The lowest BCUT2D eigenvalue weighted by atomic mass is 9.94. The smallest absolute Gasteiger partial charge is 0.243 e. The lowest BCUT2D eigenvalue weighted by molar-refractivity contribution is 0.222. The van der Waals surface area contributed by atoms with E-state index in [4.69, 9.17) is 4.99 Å². The van der Waals surface area contributed by atoms with Gasteiger partial charge >= 0.3 is 0 Å². The van der Waals surface area contributed by atoms with E-state index in [0.717, 1.165) is 33.7 Å². The molecule has 2 aromatic heterocycles. The van der Waals surface area contributed by atoms with Crippen LogP contribution in [0, 0.1) is 11.8 Å². The third-order valence-electron chi connectivity index (χ3n) is 6.45. The second-order valence-corrected chi connectivity index (χ2v) is 12.4. The molecule has 2 unspecified atom stereocenters. The molecule has 1 aliphatic heterocycles. The first-order valence-corrected chi connectivity index (χ1v) is 14.5. The van der Waals surface area contributed by atoms with Gasteiger partial charge in [-0.1, -0.05) is 50.2 Å². The van der Waals surface area contributed by atoms with Crippen LogP contribution in [-0.4, -0.2) is 35.4 Å². The highest BCUT2D eigenvalue weighted by Crippen LogP contribution is 2.29. The first-order chi connectivity index (χ1) is 17.4. The maximum Gasteiger partial charge on any atom is 0.243 e. The predicted octanol–water partition coefficient (Wildman–Crippen LogP) is 5.56. The molecule has 0 spiro atoms. The molecule has 8 heteroatoms. The van der Waals surface area contributed by atoms with Gasteiger partial charge in [-0.2, -0.15) is 4.31 Å². The van der Waals surface area contributed by atoms with E-state index < -0.39 is 10.0 Å². The molecule has 2 atom stereocenters. The van der Waals surface area contributed by atoms with Crippen LogP contribution in [0.3, 0.4) is 0 Å². The number of para-hydroxylation sites is 1. The van der Waals surface area contributed by atoms with Crippen LogP contribution in [0.5, 0.6) is 0 Å². The van der Waals surface area contributed by atoms with E-state index in [9.17, 15) is 8.42 Å². The van der Waals surface area contributed by atoms with Crippen LogP contribution < -0.4 is 4.80 Å². The van der Waals surface area contributed by atoms with Crippen molar-refractivity contribution in [2.75, 3.05) is 13.1 Å². The van der Waals surface area contributed by atoms with E-state index in [0.29, 0.717) is 36.4 Å². The van der Waals surface area contributed by atoms with Crippen molar-refractivity contribution in [2.45, 2.75) is 31.7 Å². The molecule has 1 fully saturated rings. The number of sulfonamides is 1. The average molecular weight is 519 g/mol. The fourth-order valence-corrected chi connectivity index (χ4v) is 7.51. The van der Waals surface area contributed by atoms with E-state index in [1.165, 1.54) is 0 Å². The second kappa shape index (κ2) is 10.5. The minimum absolute atomic E-state index is 0.335. The van der Waals surface area contributed by atoms with Gasteiger partial charge in [0.05, 0.1) is 22.8 Å². The third kappa shape index (κ3) is 5.36. The Kier molecular flexibility index (Phi) is 7.18. The standard InChI is InChI=1S/C28H30N4O2S2/c1-21-14-22(2)18-31(17-21)36(33,34)26-12-6-9-24(15-26)27-20-35-28(30-25-10-4-3-5-11-25)32(27)19-23-8-7-13-29-16-23/h3-13,15-16,20-22H,14,17-19H2,1-2H3. The van der Waals surface area contributed by atoms with Gasteiger partial charge in [-0.25, -0.2) is 13.4 Å². The number of thiazole rings is 1. The highest BCUT2D eigenvalue weighted by atomic mass is 32.2. The van der Waals surface area contributed by atoms with Crippen LogP contribution in [0.2, 0.25) is 0 Å². The van der Waals surface area contributed by atoms with E-state index in [1.807, 2.05) is 60.8 Å². The summed E-state index contributed by atoms with van der Waals surface area (Å²) in [5.41, 5.74) is 3.70. The van der Waals surface area contributed by atoms with Gasteiger partial charge in [-0.15, -0.1) is 11.3 Å². The summed E-state index contributed by atoms with van der Waals surface area (Å²) >= 11 is 1.54. The Morgan fingerprint density at radius 3 is 2.50 bits per heavy atom. The van der Waals surface area contributed by atoms with Gasteiger partial charge in [-0.05, 0) is 54.2 Å². The number of aromatic nitrogens is 2. The molecular formula is C28H30N4O2S2. The van der Waals surface area contributed by atoms with Crippen molar-refractivity contribution in [3.05, 3.63) is 94.9 Å². The van der Waals surface area contributed by atoms with Crippen LogP contribution in [-0.2, 0) is 16.6 Å². The largest absolute Gasteiger partial charge is 0.312 e. The average Bonchev–Trinajstić information content (AvgIpc) is 3.26. The zero-order chi connectivity index (χ0) is 25.1. The van der Waals surface area contributed by atoms with Crippen molar-refractivity contribution in [1.29, 1.82) is 0 Å². The molecule has 4 aromatic rings. The summed E-state index contributed by atoms with van der Waals surface area (Å²) < 4.78 is 30.9. The molecule has 6 nitrogen and oxygen atoms in total. The number of piperidine rings is 1. The summed E-state index contributed by atoms with van der Waals surface area (Å²) in [6.45, 7) is 5.96. The maximum atomic E-state index is 13.6. The van der Waals surface area contributed by atoms with Crippen molar-refractivity contribution in [1.82, 2.24) is 13.9 Å². The maximum absolute atomic E-state index is 13.6. The molecule has 5 rings (SSSR count). The highest BCUT2D eigenvalue weighted by molar-refractivity contribution is 7.89. The third-order valence-corrected chi connectivity index (χ3v) is 9.14.